The van der Waals surface area contributed by atoms with Crippen LogP contribution in [0.4, 0.5) is 5.69 Å². The number of amides is 2. The van der Waals surface area contributed by atoms with Crippen LogP contribution in [0.2, 0.25) is 0 Å². The van der Waals surface area contributed by atoms with Gasteiger partial charge in [-0.2, -0.15) is 0 Å². The average molecular weight is 291 g/mol. The van der Waals surface area contributed by atoms with E-state index in [0.29, 0.717) is 37.2 Å². The van der Waals surface area contributed by atoms with Crippen LogP contribution < -0.4 is 16.4 Å². The normalized spacial score (nSPS) is 11.0. The number of nitrogens with two attached hydrogens (primary N) is 1. The van der Waals surface area contributed by atoms with Crippen LogP contribution in [0.5, 0.6) is 0 Å². The van der Waals surface area contributed by atoms with Gasteiger partial charge in [0.15, 0.2) is 0 Å². The van der Waals surface area contributed by atoms with Crippen LogP contribution in [0.25, 0.3) is 0 Å². The van der Waals surface area contributed by atoms with Crippen LogP contribution in [0.3, 0.4) is 0 Å². The molecule has 0 aromatic heterocycles. The van der Waals surface area contributed by atoms with Gasteiger partial charge in [0.05, 0.1) is 5.41 Å². The van der Waals surface area contributed by atoms with Crippen LogP contribution in [0.15, 0.2) is 24.3 Å². The fourth-order valence-corrected chi connectivity index (χ4v) is 2.18. The van der Waals surface area contributed by atoms with Gasteiger partial charge >= 0.3 is 0 Å². The Morgan fingerprint density at radius 1 is 1.10 bits per heavy atom. The Morgan fingerprint density at radius 3 is 2.10 bits per heavy atom. The quantitative estimate of drug-likeness (QED) is 0.719. The first-order chi connectivity index (χ1) is 10.0. The summed E-state index contributed by atoms with van der Waals surface area (Å²) in [4.78, 5) is 24.0. The molecule has 5 heteroatoms. The van der Waals surface area contributed by atoms with Gasteiger partial charge in [0.1, 0.15) is 0 Å². The van der Waals surface area contributed by atoms with Crippen molar-refractivity contribution in [1.29, 1.82) is 0 Å². The fraction of sp³-hybridized carbons (Fsp3) is 0.500. The van der Waals surface area contributed by atoms with Gasteiger partial charge in [-0.1, -0.05) is 13.8 Å². The van der Waals surface area contributed by atoms with Crippen LogP contribution in [-0.2, 0) is 4.79 Å². The summed E-state index contributed by atoms with van der Waals surface area (Å²) in [5.41, 5.74) is 6.49. The van der Waals surface area contributed by atoms with E-state index >= 15 is 0 Å². The second-order valence-corrected chi connectivity index (χ2v) is 5.08. The molecule has 0 saturated heterocycles. The van der Waals surface area contributed by atoms with Crippen molar-refractivity contribution in [3.05, 3.63) is 29.8 Å². The highest BCUT2D eigenvalue weighted by Gasteiger charge is 2.33. The van der Waals surface area contributed by atoms with Crippen LogP contribution in [-0.4, -0.2) is 24.9 Å². The molecule has 0 unspecified atom stereocenters. The van der Waals surface area contributed by atoms with Crippen LogP contribution in [0, 0.1) is 5.41 Å². The standard InChI is InChI=1S/C16H25N3O2/c1-4-16(5-2,11-17)15(21)19-13-9-7-12(8-10-13)14(20)18-6-3/h7-10H,4-6,11,17H2,1-3H3,(H,18,20)(H,19,21). The molecule has 0 bridgehead atoms. The van der Waals surface area contributed by atoms with Gasteiger partial charge < -0.3 is 16.4 Å². The van der Waals surface area contributed by atoms with Crippen molar-refractivity contribution in [3.8, 4) is 0 Å². The van der Waals surface area contributed by atoms with E-state index in [-0.39, 0.29) is 11.8 Å². The zero-order chi connectivity index (χ0) is 15.9. The van der Waals surface area contributed by atoms with Crippen molar-refractivity contribution in [3.63, 3.8) is 0 Å². The number of rotatable bonds is 7. The van der Waals surface area contributed by atoms with E-state index in [1.54, 1.807) is 24.3 Å². The molecule has 1 aromatic carbocycles. The minimum Gasteiger partial charge on any atom is -0.352 e. The lowest BCUT2D eigenvalue weighted by molar-refractivity contribution is -0.125. The first-order valence-electron chi connectivity index (χ1n) is 7.42. The van der Waals surface area contributed by atoms with Crippen molar-refractivity contribution in [2.75, 3.05) is 18.4 Å². The van der Waals surface area contributed by atoms with E-state index in [1.807, 2.05) is 20.8 Å². The van der Waals surface area contributed by atoms with Crippen molar-refractivity contribution < 1.29 is 9.59 Å². The highest BCUT2D eigenvalue weighted by atomic mass is 16.2. The maximum atomic E-state index is 12.4. The molecule has 1 rings (SSSR count). The first-order valence-corrected chi connectivity index (χ1v) is 7.42. The van der Waals surface area contributed by atoms with Crippen molar-refractivity contribution in [1.82, 2.24) is 5.32 Å². The SMILES string of the molecule is CCNC(=O)c1ccc(NC(=O)C(CC)(CC)CN)cc1. The Kier molecular flexibility index (Phi) is 6.37. The van der Waals surface area contributed by atoms with Gasteiger partial charge in [0.2, 0.25) is 5.91 Å². The second kappa shape index (κ2) is 7.78. The molecule has 1 aromatic rings. The molecule has 116 valence electrons. The van der Waals surface area contributed by atoms with Gasteiger partial charge in [-0.15, -0.1) is 0 Å². The van der Waals surface area contributed by atoms with Crippen LogP contribution >= 0.6 is 0 Å². The summed E-state index contributed by atoms with van der Waals surface area (Å²) >= 11 is 0. The number of carbonyl (C=O) groups excluding carboxylic acids is 2. The molecule has 5 nitrogen and oxygen atoms in total. The lowest BCUT2D eigenvalue weighted by Gasteiger charge is -2.28. The van der Waals surface area contributed by atoms with Gasteiger partial charge in [-0.25, -0.2) is 0 Å². The predicted molar refractivity (Wildman–Crippen MR) is 85.1 cm³/mol. The van der Waals surface area contributed by atoms with Gasteiger partial charge in [0, 0.05) is 24.3 Å². The molecule has 2 amide bonds. The molecule has 21 heavy (non-hydrogen) atoms. The van der Waals surface area contributed by atoms with E-state index in [0.717, 1.165) is 0 Å². The summed E-state index contributed by atoms with van der Waals surface area (Å²) < 4.78 is 0. The molecule has 0 fully saturated rings. The largest absolute Gasteiger partial charge is 0.352 e. The zero-order valence-corrected chi connectivity index (χ0v) is 13.0. The van der Waals surface area contributed by atoms with Crippen molar-refractivity contribution in [2.24, 2.45) is 11.1 Å². The monoisotopic (exact) mass is 291 g/mol. The van der Waals surface area contributed by atoms with E-state index in [2.05, 4.69) is 10.6 Å². The molecule has 0 aliphatic carbocycles. The molecule has 0 aliphatic rings. The number of anilines is 1. The number of hydrogen-bond acceptors (Lipinski definition) is 3. The Labute approximate surface area is 126 Å². The van der Waals surface area contributed by atoms with Gasteiger partial charge in [-0.05, 0) is 44.0 Å². The summed E-state index contributed by atoms with van der Waals surface area (Å²) in [6, 6.07) is 6.86. The molecular formula is C16H25N3O2. The summed E-state index contributed by atoms with van der Waals surface area (Å²) in [6.07, 6.45) is 1.39. The minimum absolute atomic E-state index is 0.0687. The second-order valence-electron chi connectivity index (χ2n) is 5.08. The maximum Gasteiger partial charge on any atom is 0.251 e. The molecule has 0 radical (unpaired) electrons. The number of nitrogens with one attached hydrogen (secondary N) is 2. The van der Waals surface area contributed by atoms with Crippen LogP contribution in [0.1, 0.15) is 44.0 Å². The lowest BCUT2D eigenvalue weighted by atomic mass is 9.81. The van der Waals surface area contributed by atoms with Gasteiger partial charge in [-0.3, -0.25) is 9.59 Å². The zero-order valence-electron chi connectivity index (χ0n) is 13.0. The third-order valence-corrected chi connectivity index (χ3v) is 3.97. The summed E-state index contributed by atoms with van der Waals surface area (Å²) in [5, 5.41) is 5.61. The molecule has 0 saturated carbocycles. The fourth-order valence-electron chi connectivity index (χ4n) is 2.18. The van der Waals surface area contributed by atoms with E-state index in [4.69, 9.17) is 5.73 Å². The highest BCUT2D eigenvalue weighted by molar-refractivity contribution is 5.97. The number of benzene rings is 1. The van der Waals surface area contributed by atoms with Crippen molar-refractivity contribution in [2.45, 2.75) is 33.6 Å². The Hall–Kier alpha value is -1.88. The predicted octanol–water partition coefficient (Wildman–Crippen LogP) is 2.14. The summed E-state index contributed by atoms with van der Waals surface area (Å²) in [6.45, 7) is 6.71. The first kappa shape index (κ1) is 17.2. The Morgan fingerprint density at radius 2 is 1.67 bits per heavy atom. The third kappa shape index (κ3) is 4.04. The summed E-state index contributed by atoms with van der Waals surface area (Å²) in [7, 11) is 0. The third-order valence-electron chi connectivity index (χ3n) is 3.97. The molecule has 0 heterocycles. The van der Waals surface area contributed by atoms with Crippen molar-refractivity contribution >= 4 is 17.5 Å². The highest BCUT2D eigenvalue weighted by Crippen LogP contribution is 2.27. The lowest BCUT2D eigenvalue weighted by Crippen LogP contribution is -2.41. The summed E-state index contributed by atoms with van der Waals surface area (Å²) in [5.74, 6) is -0.186. The molecule has 0 aliphatic heterocycles. The molecular weight excluding hydrogens is 266 g/mol. The van der Waals surface area contributed by atoms with E-state index < -0.39 is 5.41 Å². The smallest absolute Gasteiger partial charge is 0.251 e. The minimum atomic E-state index is -0.530. The Bertz CT molecular complexity index is 471. The van der Waals surface area contributed by atoms with Gasteiger partial charge in [0.25, 0.3) is 5.91 Å². The Balaban J connectivity index is 2.80. The maximum absolute atomic E-state index is 12.4. The van der Waals surface area contributed by atoms with E-state index in [9.17, 15) is 9.59 Å². The number of hydrogen-bond donors (Lipinski definition) is 3. The molecule has 0 spiro atoms. The molecule has 4 N–H and O–H groups in total. The molecule has 0 atom stereocenters. The number of carbonyl (C=O) groups is 2. The van der Waals surface area contributed by atoms with E-state index in [1.165, 1.54) is 0 Å². The average Bonchev–Trinajstić information content (AvgIpc) is 2.50. The topological polar surface area (TPSA) is 84.2 Å².